The number of ether oxygens (including phenoxy) is 1. The Kier molecular flexibility index (Phi) is 3.92. The van der Waals surface area contributed by atoms with Crippen LogP contribution < -0.4 is 0 Å². The van der Waals surface area contributed by atoms with Gasteiger partial charge in [-0.05, 0) is 74.2 Å². The first-order valence-electron chi connectivity index (χ1n) is 10.2. The highest BCUT2D eigenvalue weighted by atomic mass is 16.6. The number of rotatable bonds is 1. The van der Waals surface area contributed by atoms with Crippen LogP contribution in [0.3, 0.4) is 0 Å². The van der Waals surface area contributed by atoms with Gasteiger partial charge in [-0.15, -0.1) is 6.42 Å². The van der Waals surface area contributed by atoms with E-state index in [1.807, 2.05) is 6.08 Å². The standard InChI is InChI=1S/C23H30O3/c1-5-23(26-15(2)24)13-10-20-18-7-6-16-14-17(25)8-11-21(16,3)19(18)9-12-22(20,23)4/h1,14,18-20H,6-13H2,2-4H3/t18-,19+,20+,21+,22+,23-/m0/s1. The topological polar surface area (TPSA) is 43.4 Å². The molecule has 4 aliphatic carbocycles. The third-order valence-electron chi connectivity index (χ3n) is 8.63. The molecule has 0 N–H and O–H groups in total. The lowest BCUT2D eigenvalue weighted by Crippen LogP contribution is -2.55. The van der Waals surface area contributed by atoms with E-state index >= 15 is 0 Å². The van der Waals surface area contributed by atoms with Crippen molar-refractivity contribution in [1.29, 1.82) is 0 Å². The first-order valence-corrected chi connectivity index (χ1v) is 10.2. The van der Waals surface area contributed by atoms with Crippen LogP contribution >= 0.6 is 0 Å². The quantitative estimate of drug-likeness (QED) is 0.516. The first-order chi connectivity index (χ1) is 12.3. The molecule has 0 unspecified atom stereocenters. The Hall–Kier alpha value is -1.56. The van der Waals surface area contributed by atoms with Gasteiger partial charge in [-0.1, -0.05) is 25.3 Å². The maximum absolute atomic E-state index is 11.9. The maximum Gasteiger partial charge on any atom is 0.304 e. The lowest BCUT2D eigenvalue weighted by Gasteiger charge is -2.58. The van der Waals surface area contributed by atoms with Crippen LogP contribution in [0.2, 0.25) is 0 Å². The second kappa shape index (κ2) is 5.72. The van der Waals surface area contributed by atoms with E-state index in [0.717, 1.165) is 44.9 Å². The van der Waals surface area contributed by atoms with Crippen LogP contribution in [-0.2, 0) is 14.3 Å². The van der Waals surface area contributed by atoms with Crippen LogP contribution in [-0.4, -0.2) is 17.4 Å². The monoisotopic (exact) mass is 354 g/mol. The molecular weight excluding hydrogens is 324 g/mol. The normalized spacial score (nSPS) is 47.1. The van der Waals surface area contributed by atoms with E-state index in [9.17, 15) is 9.59 Å². The molecule has 0 saturated heterocycles. The second-order valence-electron chi connectivity index (χ2n) is 9.53. The van der Waals surface area contributed by atoms with Gasteiger partial charge < -0.3 is 4.74 Å². The number of ketones is 1. The van der Waals surface area contributed by atoms with Crippen molar-refractivity contribution < 1.29 is 14.3 Å². The molecule has 0 heterocycles. The van der Waals surface area contributed by atoms with Crippen molar-refractivity contribution in [3.8, 4) is 12.3 Å². The molecule has 3 nitrogen and oxygen atoms in total. The minimum atomic E-state index is -0.742. The molecular formula is C23H30O3. The predicted octanol–water partition coefficient (Wildman–Crippen LogP) is 4.45. The van der Waals surface area contributed by atoms with Crippen molar-refractivity contribution in [2.24, 2.45) is 28.6 Å². The van der Waals surface area contributed by atoms with Crippen molar-refractivity contribution in [3.05, 3.63) is 11.6 Å². The lowest BCUT2D eigenvalue weighted by atomic mass is 9.46. The van der Waals surface area contributed by atoms with Crippen LogP contribution in [0.1, 0.15) is 72.1 Å². The molecule has 0 spiro atoms. The van der Waals surface area contributed by atoms with E-state index in [2.05, 4.69) is 19.8 Å². The summed E-state index contributed by atoms with van der Waals surface area (Å²) in [6.07, 6.45) is 15.7. The molecule has 0 radical (unpaired) electrons. The Labute approximate surface area is 156 Å². The Morgan fingerprint density at radius 1 is 1.15 bits per heavy atom. The van der Waals surface area contributed by atoms with E-state index in [0.29, 0.717) is 30.0 Å². The van der Waals surface area contributed by atoms with Crippen molar-refractivity contribution in [1.82, 2.24) is 0 Å². The van der Waals surface area contributed by atoms with Gasteiger partial charge in [0.1, 0.15) is 0 Å². The highest BCUT2D eigenvalue weighted by Crippen LogP contribution is 2.68. The average molecular weight is 354 g/mol. The molecule has 0 bridgehead atoms. The molecule has 3 fully saturated rings. The Morgan fingerprint density at radius 3 is 2.58 bits per heavy atom. The first kappa shape index (κ1) is 17.8. The van der Waals surface area contributed by atoms with Crippen molar-refractivity contribution in [2.45, 2.75) is 77.7 Å². The molecule has 3 heteroatoms. The number of carbonyl (C=O) groups excluding carboxylic acids is 2. The zero-order valence-corrected chi connectivity index (χ0v) is 16.3. The zero-order chi connectivity index (χ0) is 18.7. The summed E-state index contributed by atoms with van der Waals surface area (Å²) >= 11 is 0. The van der Waals surface area contributed by atoms with Gasteiger partial charge in [0, 0.05) is 18.8 Å². The third-order valence-corrected chi connectivity index (χ3v) is 8.63. The SMILES string of the molecule is C#C[C@]1(OC(C)=O)CC[C@@H]2[C@H]3CCC4=CC(=O)CC[C@@]4(C)[C@@H]3CC[C@]21C. The van der Waals surface area contributed by atoms with Gasteiger partial charge >= 0.3 is 5.97 Å². The molecule has 0 amide bonds. The molecule has 26 heavy (non-hydrogen) atoms. The number of hydrogen-bond acceptors (Lipinski definition) is 3. The summed E-state index contributed by atoms with van der Waals surface area (Å²) in [5.74, 6) is 4.71. The molecule has 0 aromatic carbocycles. The summed E-state index contributed by atoms with van der Waals surface area (Å²) in [4.78, 5) is 23.7. The number of carbonyl (C=O) groups is 2. The predicted molar refractivity (Wildman–Crippen MR) is 100 cm³/mol. The molecule has 4 rings (SSSR count). The highest BCUT2D eigenvalue weighted by Gasteiger charge is 2.65. The molecule has 0 aromatic heterocycles. The van der Waals surface area contributed by atoms with E-state index < -0.39 is 5.60 Å². The molecule has 0 aliphatic heterocycles. The summed E-state index contributed by atoms with van der Waals surface area (Å²) in [5, 5.41) is 0. The van der Waals surface area contributed by atoms with Gasteiger partial charge in [-0.25, -0.2) is 0 Å². The van der Waals surface area contributed by atoms with Crippen LogP contribution in [0.15, 0.2) is 11.6 Å². The molecule has 3 saturated carbocycles. The maximum atomic E-state index is 11.9. The minimum Gasteiger partial charge on any atom is -0.445 e. The number of esters is 1. The van der Waals surface area contributed by atoms with E-state index in [1.54, 1.807) is 0 Å². The van der Waals surface area contributed by atoms with Crippen molar-refractivity contribution >= 4 is 11.8 Å². The second-order valence-corrected chi connectivity index (χ2v) is 9.53. The fraction of sp³-hybridized carbons (Fsp3) is 0.739. The van der Waals surface area contributed by atoms with Crippen LogP contribution in [0.5, 0.6) is 0 Å². The van der Waals surface area contributed by atoms with Crippen molar-refractivity contribution in [3.63, 3.8) is 0 Å². The number of terminal acetylenes is 1. The summed E-state index contributed by atoms with van der Waals surface area (Å²) in [6, 6.07) is 0. The molecule has 140 valence electrons. The Morgan fingerprint density at radius 2 is 1.88 bits per heavy atom. The Balaban J connectivity index is 1.69. The van der Waals surface area contributed by atoms with Gasteiger partial charge in [0.15, 0.2) is 11.4 Å². The number of hydrogen-bond donors (Lipinski definition) is 0. The van der Waals surface area contributed by atoms with E-state index in [-0.39, 0.29) is 16.8 Å². The zero-order valence-electron chi connectivity index (χ0n) is 16.3. The summed E-state index contributed by atoms with van der Waals surface area (Å²) < 4.78 is 5.81. The van der Waals surface area contributed by atoms with Crippen molar-refractivity contribution in [2.75, 3.05) is 0 Å². The fourth-order valence-electron chi connectivity index (χ4n) is 7.24. The van der Waals surface area contributed by atoms with E-state index in [4.69, 9.17) is 11.2 Å². The van der Waals surface area contributed by atoms with Crippen LogP contribution in [0.4, 0.5) is 0 Å². The minimum absolute atomic E-state index is 0.128. The number of fused-ring (bicyclic) bond motifs is 5. The van der Waals surface area contributed by atoms with Gasteiger partial charge in [0.2, 0.25) is 0 Å². The number of allylic oxidation sites excluding steroid dienone is 1. The van der Waals surface area contributed by atoms with Gasteiger partial charge in [0.05, 0.1) is 0 Å². The summed E-state index contributed by atoms with van der Waals surface area (Å²) in [7, 11) is 0. The highest BCUT2D eigenvalue weighted by molar-refractivity contribution is 5.91. The summed E-state index contributed by atoms with van der Waals surface area (Å²) in [5.41, 5.74) is 0.686. The average Bonchev–Trinajstić information content (AvgIpc) is 2.88. The van der Waals surface area contributed by atoms with Gasteiger partial charge in [0.25, 0.3) is 0 Å². The largest absolute Gasteiger partial charge is 0.445 e. The van der Waals surface area contributed by atoms with Crippen LogP contribution in [0, 0.1) is 40.9 Å². The lowest BCUT2D eigenvalue weighted by molar-refractivity contribution is -0.169. The fourth-order valence-corrected chi connectivity index (χ4v) is 7.24. The van der Waals surface area contributed by atoms with Crippen LogP contribution in [0.25, 0.3) is 0 Å². The molecule has 6 atom stereocenters. The van der Waals surface area contributed by atoms with Gasteiger partial charge in [-0.3, -0.25) is 9.59 Å². The third kappa shape index (κ3) is 2.20. The Bertz CT molecular complexity index is 728. The molecule has 4 aliphatic rings. The summed E-state index contributed by atoms with van der Waals surface area (Å²) in [6.45, 7) is 6.13. The smallest absolute Gasteiger partial charge is 0.304 e. The van der Waals surface area contributed by atoms with E-state index in [1.165, 1.54) is 12.5 Å². The van der Waals surface area contributed by atoms with Gasteiger partial charge in [-0.2, -0.15) is 0 Å². The molecule has 0 aromatic rings.